The van der Waals surface area contributed by atoms with Crippen LogP contribution in [0, 0.1) is 34.5 Å². The first-order valence-corrected chi connectivity index (χ1v) is 10.1. The first kappa shape index (κ1) is 17.5. The first-order valence-electron chi connectivity index (χ1n) is 10.1. The van der Waals surface area contributed by atoms with E-state index in [0.29, 0.717) is 35.9 Å². The highest BCUT2D eigenvalue weighted by atomic mass is 16.5. The molecule has 3 heteroatoms. The van der Waals surface area contributed by atoms with Gasteiger partial charge in [-0.05, 0) is 85.2 Å². The number of hydrogen-bond acceptors (Lipinski definition) is 3. The molecular weight excluding hydrogens is 312 g/mol. The quantitative estimate of drug-likeness (QED) is 0.558. The van der Waals surface area contributed by atoms with E-state index in [2.05, 4.69) is 20.8 Å². The van der Waals surface area contributed by atoms with Crippen LogP contribution in [0.15, 0.2) is 23.3 Å². The number of allylic oxidation sites excluding steroid dienone is 2. The first-order chi connectivity index (χ1) is 11.8. The van der Waals surface area contributed by atoms with E-state index in [1.54, 1.807) is 6.08 Å². The third-order valence-electron chi connectivity index (χ3n) is 8.48. The number of ketones is 1. The minimum absolute atomic E-state index is 0.132. The van der Waals surface area contributed by atoms with E-state index in [4.69, 9.17) is 0 Å². The molecule has 3 saturated carbocycles. The van der Waals surface area contributed by atoms with Gasteiger partial charge >= 0.3 is 0 Å². The lowest BCUT2D eigenvalue weighted by atomic mass is 9.45. The normalized spacial score (nSPS) is 48.2. The fourth-order valence-electron chi connectivity index (χ4n) is 7.29. The van der Waals surface area contributed by atoms with Gasteiger partial charge in [0.2, 0.25) is 0 Å². The van der Waals surface area contributed by atoms with Crippen molar-refractivity contribution in [3.63, 3.8) is 0 Å². The van der Waals surface area contributed by atoms with Crippen molar-refractivity contribution in [3.05, 3.63) is 23.3 Å². The van der Waals surface area contributed by atoms with Crippen LogP contribution < -0.4 is 0 Å². The number of carbonyl (C=O) groups excluding carboxylic acids is 1. The SMILES string of the molecule is CC1C[C@@H]2[C@H](CC[C@]3(C)C(=CC(O)O)CC[C@@H]23)[C@@]2(C)CCC(=O)C=C12. The van der Waals surface area contributed by atoms with Gasteiger partial charge in [0.25, 0.3) is 0 Å². The second-order valence-corrected chi connectivity index (χ2v) is 9.60. The van der Waals surface area contributed by atoms with Gasteiger partial charge in [0, 0.05) is 6.42 Å². The fourth-order valence-corrected chi connectivity index (χ4v) is 7.29. The summed E-state index contributed by atoms with van der Waals surface area (Å²) in [6.45, 7) is 7.09. The predicted molar refractivity (Wildman–Crippen MR) is 97.6 cm³/mol. The van der Waals surface area contributed by atoms with Gasteiger partial charge < -0.3 is 10.2 Å². The molecule has 0 radical (unpaired) electrons. The summed E-state index contributed by atoms with van der Waals surface area (Å²) in [7, 11) is 0. The van der Waals surface area contributed by atoms with Gasteiger partial charge in [0.15, 0.2) is 12.1 Å². The van der Waals surface area contributed by atoms with Crippen LogP contribution in [-0.2, 0) is 4.79 Å². The second kappa shape index (κ2) is 5.79. The van der Waals surface area contributed by atoms with Gasteiger partial charge in [0.1, 0.15) is 0 Å². The predicted octanol–water partition coefficient (Wildman–Crippen LogP) is 4.00. The molecule has 0 aromatic rings. The summed E-state index contributed by atoms with van der Waals surface area (Å²) < 4.78 is 0. The Hall–Kier alpha value is -0.930. The van der Waals surface area contributed by atoms with Gasteiger partial charge in [-0.25, -0.2) is 0 Å². The van der Waals surface area contributed by atoms with Crippen molar-refractivity contribution in [2.75, 3.05) is 0 Å². The maximum absolute atomic E-state index is 12.0. The Morgan fingerprint density at radius 2 is 1.84 bits per heavy atom. The summed E-state index contributed by atoms with van der Waals surface area (Å²) in [6.07, 6.45) is 9.79. The van der Waals surface area contributed by atoms with Gasteiger partial charge in [0.05, 0.1) is 0 Å². The number of aliphatic hydroxyl groups is 2. The molecule has 0 spiro atoms. The van der Waals surface area contributed by atoms with E-state index < -0.39 is 6.29 Å². The highest BCUT2D eigenvalue weighted by Gasteiger charge is 2.58. The maximum atomic E-state index is 12.0. The Labute approximate surface area is 151 Å². The van der Waals surface area contributed by atoms with Crippen molar-refractivity contribution in [1.29, 1.82) is 0 Å². The van der Waals surface area contributed by atoms with E-state index in [1.807, 2.05) is 6.08 Å². The standard InChI is InChI=1S/C22H32O3/c1-13-10-16-17-5-4-14(11-20(24)25)21(17,2)9-7-18(16)22(3)8-6-15(23)12-19(13)22/h11-13,16-18,20,24-25H,4-10H2,1-3H3/t13?,16-,17-,18-,21+,22+/m0/s1. The molecule has 138 valence electrons. The Balaban J connectivity index is 1.70. The van der Waals surface area contributed by atoms with Crippen molar-refractivity contribution in [3.8, 4) is 0 Å². The van der Waals surface area contributed by atoms with E-state index in [-0.39, 0.29) is 10.8 Å². The number of fused-ring (bicyclic) bond motifs is 5. The van der Waals surface area contributed by atoms with Gasteiger partial charge in [-0.3, -0.25) is 4.79 Å². The van der Waals surface area contributed by atoms with Crippen molar-refractivity contribution in [2.45, 2.75) is 72.0 Å². The average Bonchev–Trinajstić information content (AvgIpc) is 2.86. The summed E-state index contributed by atoms with van der Waals surface area (Å²) in [6, 6.07) is 0. The van der Waals surface area contributed by atoms with Gasteiger partial charge in [-0.15, -0.1) is 0 Å². The maximum Gasteiger partial charge on any atom is 0.171 e. The molecule has 0 aliphatic heterocycles. The summed E-state index contributed by atoms with van der Waals surface area (Å²) in [5.74, 6) is 2.84. The second-order valence-electron chi connectivity index (χ2n) is 9.60. The number of hydrogen-bond donors (Lipinski definition) is 2. The molecule has 25 heavy (non-hydrogen) atoms. The third-order valence-corrected chi connectivity index (χ3v) is 8.48. The van der Waals surface area contributed by atoms with E-state index in [1.165, 1.54) is 30.4 Å². The van der Waals surface area contributed by atoms with Crippen molar-refractivity contribution < 1.29 is 15.0 Å². The molecule has 0 aromatic carbocycles. The zero-order valence-electron chi connectivity index (χ0n) is 15.8. The summed E-state index contributed by atoms with van der Waals surface area (Å²) in [5.41, 5.74) is 3.02. The lowest BCUT2D eigenvalue weighted by molar-refractivity contribution is -0.117. The highest BCUT2D eigenvalue weighted by Crippen LogP contribution is 2.67. The van der Waals surface area contributed by atoms with Crippen LogP contribution in [0.5, 0.6) is 0 Å². The Morgan fingerprint density at radius 1 is 1.12 bits per heavy atom. The highest BCUT2D eigenvalue weighted by molar-refractivity contribution is 5.91. The molecule has 0 heterocycles. The molecule has 4 aliphatic carbocycles. The Bertz CT molecular complexity index is 646. The molecule has 3 nitrogen and oxygen atoms in total. The molecule has 0 saturated heterocycles. The van der Waals surface area contributed by atoms with E-state index >= 15 is 0 Å². The molecule has 3 fully saturated rings. The lowest BCUT2D eigenvalue weighted by Gasteiger charge is -2.59. The van der Waals surface area contributed by atoms with E-state index in [0.717, 1.165) is 19.3 Å². The zero-order valence-corrected chi connectivity index (χ0v) is 15.8. The fraction of sp³-hybridized carbons (Fsp3) is 0.773. The molecule has 0 amide bonds. The zero-order chi connectivity index (χ0) is 18.0. The molecule has 4 rings (SSSR count). The number of carbonyl (C=O) groups is 1. The smallest absolute Gasteiger partial charge is 0.171 e. The lowest BCUT2D eigenvalue weighted by Crippen LogP contribution is -2.51. The molecule has 4 aliphatic rings. The summed E-state index contributed by atoms with van der Waals surface area (Å²) >= 11 is 0. The molecule has 1 unspecified atom stereocenters. The van der Waals surface area contributed by atoms with Gasteiger partial charge in [-0.2, -0.15) is 0 Å². The van der Waals surface area contributed by atoms with Crippen LogP contribution in [0.1, 0.15) is 65.7 Å². The van der Waals surface area contributed by atoms with Crippen molar-refractivity contribution in [2.24, 2.45) is 34.5 Å². The Morgan fingerprint density at radius 3 is 2.56 bits per heavy atom. The molecule has 6 atom stereocenters. The van der Waals surface area contributed by atoms with Crippen molar-refractivity contribution in [1.82, 2.24) is 0 Å². The number of aliphatic hydroxyl groups excluding tert-OH is 1. The van der Waals surface area contributed by atoms with Crippen LogP contribution in [0.4, 0.5) is 0 Å². The van der Waals surface area contributed by atoms with Crippen LogP contribution >= 0.6 is 0 Å². The van der Waals surface area contributed by atoms with E-state index in [9.17, 15) is 15.0 Å². The topological polar surface area (TPSA) is 57.5 Å². The summed E-state index contributed by atoms with van der Waals surface area (Å²) in [5, 5.41) is 18.9. The van der Waals surface area contributed by atoms with Crippen LogP contribution in [-0.4, -0.2) is 22.3 Å². The minimum atomic E-state index is -1.33. The monoisotopic (exact) mass is 344 g/mol. The van der Waals surface area contributed by atoms with Crippen molar-refractivity contribution >= 4 is 5.78 Å². The largest absolute Gasteiger partial charge is 0.365 e. The minimum Gasteiger partial charge on any atom is -0.365 e. The third kappa shape index (κ3) is 2.49. The van der Waals surface area contributed by atoms with Crippen LogP contribution in [0.25, 0.3) is 0 Å². The van der Waals surface area contributed by atoms with Crippen LogP contribution in [0.3, 0.4) is 0 Å². The van der Waals surface area contributed by atoms with Crippen LogP contribution in [0.2, 0.25) is 0 Å². The molecular formula is C22H32O3. The van der Waals surface area contributed by atoms with Gasteiger partial charge in [-0.1, -0.05) is 31.9 Å². The summed E-state index contributed by atoms with van der Waals surface area (Å²) in [4.78, 5) is 12.0. The average molecular weight is 344 g/mol. The molecule has 0 bridgehead atoms. The number of rotatable bonds is 1. The molecule has 2 N–H and O–H groups in total. The Kier molecular flexibility index (Phi) is 4.05. The molecule has 0 aromatic heterocycles.